The average molecular weight is 383 g/mol. The molecular weight excluding hydrogens is 366 g/mol. The Labute approximate surface area is 159 Å². The number of carbonyl (C=O) groups excluding carboxylic acids is 2. The molecule has 1 aromatic carbocycles. The fraction of sp³-hybridized carbons (Fsp3) is 0.294. The molecule has 0 aliphatic carbocycles. The first kappa shape index (κ1) is 17.3. The van der Waals surface area contributed by atoms with Crippen molar-refractivity contribution in [3.63, 3.8) is 0 Å². The average Bonchev–Trinajstić information content (AvgIpc) is 3.41. The van der Waals surface area contributed by atoms with Crippen LogP contribution in [0.2, 0.25) is 0 Å². The molecule has 27 heavy (non-hydrogen) atoms. The number of carbonyl (C=O) groups is 2. The molecule has 0 atom stereocenters. The van der Waals surface area contributed by atoms with Gasteiger partial charge in [-0.05, 0) is 43.9 Å². The van der Waals surface area contributed by atoms with E-state index in [1.54, 1.807) is 13.8 Å². The molecule has 1 fully saturated rings. The summed E-state index contributed by atoms with van der Waals surface area (Å²) in [4.78, 5) is 27.8. The van der Waals surface area contributed by atoms with Gasteiger partial charge in [0, 0.05) is 13.1 Å². The van der Waals surface area contributed by atoms with Crippen LogP contribution in [0.3, 0.4) is 0 Å². The monoisotopic (exact) mass is 383 g/mol. The molecule has 0 N–H and O–H groups in total. The van der Waals surface area contributed by atoms with Crippen LogP contribution in [0.15, 0.2) is 30.3 Å². The van der Waals surface area contributed by atoms with Crippen LogP contribution in [-0.4, -0.2) is 59.5 Å². The molecule has 1 aliphatic rings. The highest BCUT2D eigenvalue weighted by atomic mass is 32.1. The van der Waals surface area contributed by atoms with E-state index in [-0.39, 0.29) is 17.5 Å². The zero-order valence-electron chi connectivity index (χ0n) is 14.9. The molecule has 2 aromatic heterocycles. The van der Waals surface area contributed by atoms with E-state index in [2.05, 4.69) is 19.8 Å². The Morgan fingerprint density at radius 2 is 1.67 bits per heavy atom. The van der Waals surface area contributed by atoms with E-state index >= 15 is 0 Å². The molecule has 0 unspecified atom stereocenters. The third-order valence-corrected chi connectivity index (χ3v) is 5.13. The largest absolute Gasteiger partial charge is 0.294 e. The maximum Gasteiger partial charge on any atom is 0.294 e. The minimum absolute atomic E-state index is 0.234. The third-order valence-electron chi connectivity index (χ3n) is 4.32. The number of benzene rings is 1. The zero-order valence-corrected chi connectivity index (χ0v) is 15.7. The number of nitrogens with zero attached hydrogens (tertiary/aromatic N) is 7. The first-order valence-electron chi connectivity index (χ1n) is 8.48. The van der Waals surface area contributed by atoms with E-state index in [0.29, 0.717) is 35.8 Å². The fourth-order valence-corrected chi connectivity index (χ4v) is 3.56. The van der Waals surface area contributed by atoms with Crippen molar-refractivity contribution in [1.82, 2.24) is 34.6 Å². The van der Waals surface area contributed by atoms with Crippen LogP contribution >= 0.6 is 11.5 Å². The summed E-state index contributed by atoms with van der Waals surface area (Å²) in [6.45, 7) is 4.38. The standard InChI is InChI=1S/C17H17N7O2S/c1-11-14(20-24(19-11)13-7-4-3-5-8-13)16(25)22-9-6-10-23(22)17(26)15-12(2)18-21-27-15/h3-5,7-8H,6,9-10H2,1-2H3. The number of hydrogen-bond donors (Lipinski definition) is 0. The molecule has 0 spiro atoms. The van der Waals surface area contributed by atoms with Crippen molar-refractivity contribution >= 4 is 23.3 Å². The van der Waals surface area contributed by atoms with Gasteiger partial charge in [0.25, 0.3) is 11.8 Å². The number of aromatic nitrogens is 5. The predicted octanol–water partition coefficient (Wildman–Crippen LogP) is 1.64. The maximum atomic E-state index is 13.1. The van der Waals surface area contributed by atoms with Gasteiger partial charge in [0.05, 0.1) is 17.1 Å². The quantitative estimate of drug-likeness (QED) is 0.682. The second-order valence-electron chi connectivity index (χ2n) is 6.16. The van der Waals surface area contributed by atoms with Crippen LogP contribution in [0, 0.1) is 13.8 Å². The van der Waals surface area contributed by atoms with Crippen LogP contribution in [0.1, 0.15) is 38.0 Å². The van der Waals surface area contributed by atoms with Crippen molar-refractivity contribution in [2.75, 3.05) is 13.1 Å². The van der Waals surface area contributed by atoms with E-state index in [0.717, 1.165) is 17.2 Å². The van der Waals surface area contributed by atoms with Crippen LogP contribution < -0.4 is 0 Å². The topological polar surface area (TPSA) is 97.1 Å². The Balaban J connectivity index is 1.61. The summed E-state index contributed by atoms with van der Waals surface area (Å²) in [6.07, 6.45) is 0.703. The van der Waals surface area contributed by atoms with Crippen molar-refractivity contribution in [3.05, 3.63) is 52.3 Å². The Kier molecular flexibility index (Phi) is 4.40. The Bertz CT molecular complexity index is 998. The second kappa shape index (κ2) is 6.88. The molecule has 3 aromatic rings. The number of rotatable bonds is 3. The van der Waals surface area contributed by atoms with Gasteiger partial charge in [0.2, 0.25) is 0 Å². The fourth-order valence-electron chi connectivity index (χ4n) is 2.95. The predicted molar refractivity (Wildman–Crippen MR) is 97.4 cm³/mol. The molecule has 1 saturated heterocycles. The summed E-state index contributed by atoms with van der Waals surface area (Å²) >= 11 is 1.04. The van der Waals surface area contributed by atoms with Crippen LogP contribution in [0.4, 0.5) is 0 Å². The summed E-state index contributed by atoms with van der Waals surface area (Å²) in [5, 5.41) is 15.5. The van der Waals surface area contributed by atoms with Crippen molar-refractivity contribution in [3.8, 4) is 5.69 Å². The summed E-state index contributed by atoms with van der Waals surface area (Å²) in [6, 6.07) is 9.37. The number of hydrazine groups is 1. The van der Waals surface area contributed by atoms with Gasteiger partial charge in [0.15, 0.2) is 5.69 Å². The summed E-state index contributed by atoms with van der Waals surface area (Å²) in [7, 11) is 0. The zero-order chi connectivity index (χ0) is 19.0. The molecule has 4 rings (SSSR count). The van der Waals surface area contributed by atoms with Gasteiger partial charge in [-0.2, -0.15) is 9.90 Å². The van der Waals surface area contributed by atoms with Gasteiger partial charge in [-0.15, -0.1) is 10.2 Å². The minimum Gasteiger partial charge on any atom is -0.266 e. The summed E-state index contributed by atoms with van der Waals surface area (Å²) in [5.41, 5.74) is 2.08. The van der Waals surface area contributed by atoms with E-state index < -0.39 is 0 Å². The number of amides is 2. The first-order valence-corrected chi connectivity index (χ1v) is 9.25. The van der Waals surface area contributed by atoms with Gasteiger partial charge in [-0.25, -0.2) is 10.0 Å². The highest BCUT2D eigenvalue weighted by Crippen LogP contribution is 2.21. The van der Waals surface area contributed by atoms with Crippen molar-refractivity contribution in [2.24, 2.45) is 0 Å². The highest BCUT2D eigenvalue weighted by molar-refractivity contribution is 7.07. The van der Waals surface area contributed by atoms with Crippen LogP contribution in [-0.2, 0) is 0 Å². The van der Waals surface area contributed by atoms with Gasteiger partial charge >= 0.3 is 0 Å². The molecular formula is C17H17N7O2S. The number of para-hydroxylation sites is 1. The summed E-state index contributed by atoms with van der Waals surface area (Å²) < 4.78 is 3.81. The normalized spacial score (nSPS) is 14.0. The molecule has 0 bridgehead atoms. The molecule has 0 saturated carbocycles. The summed E-state index contributed by atoms with van der Waals surface area (Å²) in [5.74, 6) is -0.600. The lowest BCUT2D eigenvalue weighted by molar-refractivity contribution is 0.0184. The maximum absolute atomic E-state index is 13.1. The lowest BCUT2D eigenvalue weighted by Crippen LogP contribution is -2.45. The molecule has 138 valence electrons. The molecule has 1 aliphatic heterocycles. The van der Waals surface area contributed by atoms with E-state index in [4.69, 9.17) is 0 Å². The SMILES string of the molecule is Cc1nn(-c2ccccc2)nc1C(=O)N1CCCN1C(=O)c1snnc1C. The Hall–Kier alpha value is -3.14. The lowest BCUT2D eigenvalue weighted by Gasteiger charge is -2.26. The second-order valence-corrected chi connectivity index (χ2v) is 6.91. The van der Waals surface area contributed by atoms with Gasteiger partial charge in [-0.3, -0.25) is 9.59 Å². The molecule has 0 radical (unpaired) electrons. The van der Waals surface area contributed by atoms with Gasteiger partial charge < -0.3 is 0 Å². The minimum atomic E-state index is -0.337. The van der Waals surface area contributed by atoms with E-state index in [1.807, 2.05) is 30.3 Å². The van der Waals surface area contributed by atoms with Gasteiger partial charge in [0.1, 0.15) is 4.88 Å². The lowest BCUT2D eigenvalue weighted by atomic mass is 10.3. The van der Waals surface area contributed by atoms with Gasteiger partial charge in [-0.1, -0.05) is 22.7 Å². The molecule has 2 amide bonds. The van der Waals surface area contributed by atoms with E-state index in [1.165, 1.54) is 14.8 Å². The number of aryl methyl sites for hydroxylation is 2. The van der Waals surface area contributed by atoms with Crippen molar-refractivity contribution in [1.29, 1.82) is 0 Å². The Morgan fingerprint density at radius 1 is 0.963 bits per heavy atom. The van der Waals surface area contributed by atoms with Crippen LogP contribution in [0.25, 0.3) is 5.69 Å². The van der Waals surface area contributed by atoms with E-state index in [9.17, 15) is 9.59 Å². The number of hydrogen-bond acceptors (Lipinski definition) is 7. The molecule has 9 nitrogen and oxygen atoms in total. The highest BCUT2D eigenvalue weighted by Gasteiger charge is 2.35. The molecule has 10 heteroatoms. The van der Waals surface area contributed by atoms with Crippen LogP contribution in [0.5, 0.6) is 0 Å². The Morgan fingerprint density at radius 3 is 2.33 bits per heavy atom. The first-order chi connectivity index (χ1) is 13.1. The third kappa shape index (κ3) is 3.08. The van der Waals surface area contributed by atoms with Crippen molar-refractivity contribution < 1.29 is 9.59 Å². The molecule has 3 heterocycles. The smallest absolute Gasteiger partial charge is 0.266 e. The van der Waals surface area contributed by atoms with Crippen molar-refractivity contribution in [2.45, 2.75) is 20.3 Å².